The number of hydroxylamine groups is 1. The van der Waals surface area contributed by atoms with E-state index in [1.165, 1.54) is 13.4 Å². The summed E-state index contributed by atoms with van der Waals surface area (Å²) in [7, 11) is 1.39. The van der Waals surface area contributed by atoms with Crippen LogP contribution in [0.4, 0.5) is 5.69 Å². The van der Waals surface area contributed by atoms with Gasteiger partial charge in [0.25, 0.3) is 11.8 Å². The maximum absolute atomic E-state index is 12.1. The normalized spacial score (nSPS) is 10.7. The molecule has 28 heavy (non-hydrogen) atoms. The molecule has 0 radical (unpaired) electrons. The van der Waals surface area contributed by atoms with Crippen LogP contribution in [-0.4, -0.2) is 40.1 Å². The molecule has 1 aromatic carbocycles. The molecule has 2 amide bonds. The summed E-state index contributed by atoms with van der Waals surface area (Å²) in [6.07, 6.45) is 3.12. The minimum Gasteiger partial charge on any atom is -0.379 e. The Balaban J connectivity index is 1.83. The molecule has 3 aromatic rings. The van der Waals surface area contributed by atoms with E-state index >= 15 is 0 Å². The second kappa shape index (κ2) is 8.49. The largest absolute Gasteiger partial charge is 0.379 e. The van der Waals surface area contributed by atoms with Gasteiger partial charge in [-0.15, -0.1) is 0 Å². The van der Waals surface area contributed by atoms with Crippen molar-refractivity contribution in [2.45, 2.75) is 20.4 Å². The molecule has 0 spiro atoms. The summed E-state index contributed by atoms with van der Waals surface area (Å²) in [6, 6.07) is 7.09. The molecule has 0 aliphatic heterocycles. The van der Waals surface area contributed by atoms with Crippen molar-refractivity contribution in [3.63, 3.8) is 0 Å². The third-order valence-electron chi connectivity index (χ3n) is 4.23. The van der Waals surface area contributed by atoms with Gasteiger partial charge in [-0.05, 0) is 37.6 Å². The Bertz CT molecular complexity index is 1010. The number of aromatic nitrogens is 3. The van der Waals surface area contributed by atoms with Crippen molar-refractivity contribution in [3.8, 4) is 0 Å². The lowest BCUT2D eigenvalue weighted by Gasteiger charge is -2.11. The lowest BCUT2D eigenvalue weighted by Crippen LogP contribution is -2.22. The molecule has 0 saturated carbocycles. The van der Waals surface area contributed by atoms with Gasteiger partial charge in [-0.25, -0.2) is 15.0 Å². The highest BCUT2D eigenvalue weighted by Crippen LogP contribution is 2.19. The molecule has 146 valence electrons. The van der Waals surface area contributed by atoms with Crippen LogP contribution in [0.2, 0.25) is 0 Å². The van der Waals surface area contributed by atoms with Crippen LogP contribution >= 0.6 is 0 Å². The Kier molecular flexibility index (Phi) is 5.85. The maximum atomic E-state index is 12.1. The SMILES string of the molecule is CCNC(=O)c1cc2c(CNc3cc(C(=O)NOC)ccc3C)ncnn2c1. The molecule has 0 saturated heterocycles. The van der Waals surface area contributed by atoms with Crippen LogP contribution in [0.5, 0.6) is 0 Å². The molecule has 0 aliphatic rings. The van der Waals surface area contributed by atoms with Crippen LogP contribution in [0.1, 0.15) is 38.9 Å². The van der Waals surface area contributed by atoms with E-state index in [2.05, 4.69) is 31.0 Å². The van der Waals surface area contributed by atoms with Gasteiger partial charge >= 0.3 is 0 Å². The van der Waals surface area contributed by atoms with Crippen molar-refractivity contribution in [2.75, 3.05) is 19.0 Å². The highest BCUT2D eigenvalue weighted by molar-refractivity contribution is 5.96. The van der Waals surface area contributed by atoms with E-state index in [1.54, 1.807) is 28.9 Å². The number of hydrogen-bond donors (Lipinski definition) is 3. The molecule has 0 atom stereocenters. The predicted octanol–water partition coefficient (Wildman–Crippen LogP) is 1.69. The summed E-state index contributed by atoms with van der Waals surface area (Å²) < 4.78 is 1.63. The molecular formula is C19H22N6O3. The number of carbonyl (C=O) groups excluding carboxylic acids is 2. The third-order valence-corrected chi connectivity index (χ3v) is 4.23. The summed E-state index contributed by atoms with van der Waals surface area (Å²) in [4.78, 5) is 33.0. The predicted molar refractivity (Wildman–Crippen MR) is 104 cm³/mol. The number of carbonyl (C=O) groups is 2. The zero-order valence-electron chi connectivity index (χ0n) is 15.9. The molecule has 0 aliphatic carbocycles. The van der Waals surface area contributed by atoms with Crippen molar-refractivity contribution in [1.82, 2.24) is 25.4 Å². The summed E-state index contributed by atoms with van der Waals surface area (Å²) in [5.41, 5.74) is 6.56. The topological polar surface area (TPSA) is 110 Å². The van der Waals surface area contributed by atoms with E-state index in [9.17, 15) is 9.59 Å². The van der Waals surface area contributed by atoms with Crippen molar-refractivity contribution >= 4 is 23.0 Å². The fourth-order valence-corrected chi connectivity index (χ4v) is 2.79. The van der Waals surface area contributed by atoms with E-state index in [-0.39, 0.29) is 11.8 Å². The first-order valence-electron chi connectivity index (χ1n) is 8.81. The molecular weight excluding hydrogens is 360 g/mol. The molecule has 9 heteroatoms. The van der Waals surface area contributed by atoms with Crippen LogP contribution in [0.3, 0.4) is 0 Å². The van der Waals surface area contributed by atoms with E-state index in [0.29, 0.717) is 24.2 Å². The van der Waals surface area contributed by atoms with Crippen molar-refractivity contribution in [3.05, 3.63) is 59.2 Å². The Morgan fingerprint density at radius 1 is 1.18 bits per heavy atom. The van der Waals surface area contributed by atoms with Gasteiger partial charge in [0.15, 0.2) is 0 Å². The number of benzene rings is 1. The van der Waals surface area contributed by atoms with Gasteiger partial charge in [0.05, 0.1) is 30.4 Å². The lowest BCUT2D eigenvalue weighted by atomic mass is 10.1. The van der Waals surface area contributed by atoms with Crippen LogP contribution in [0.15, 0.2) is 36.8 Å². The number of aryl methyl sites for hydroxylation is 1. The van der Waals surface area contributed by atoms with E-state index in [1.807, 2.05) is 19.9 Å². The maximum Gasteiger partial charge on any atom is 0.274 e. The van der Waals surface area contributed by atoms with Gasteiger partial charge in [-0.1, -0.05) is 6.07 Å². The summed E-state index contributed by atoms with van der Waals surface area (Å²) in [5, 5.41) is 10.2. The van der Waals surface area contributed by atoms with Crippen molar-refractivity contribution in [1.29, 1.82) is 0 Å². The number of amides is 2. The molecule has 2 aromatic heterocycles. The highest BCUT2D eigenvalue weighted by atomic mass is 16.6. The fraction of sp³-hybridized carbons (Fsp3) is 0.263. The summed E-state index contributed by atoms with van der Waals surface area (Å²) >= 11 is 0. The first kappa shape index (κ1) is 19.3. The van der Waals surface area contributed by atoms with Gasteiger partial charge in [0, 0.05) is 24.0 Å². The summed E-state index contributed by atoms with van der Waals surface area (Å²) in [6.45, 7) is 4.77. The molecule has 9 nitrogen and oxygen atoms in total. The van der Waals surface area contributed by atoms with E-state index in [0.717, 1.165) is 22.5 Å². The second-order valence-electron chi connectivity index (χ2n) is 6.14. The number of anilines is 1. The zero-order chi connectivity index (χ0) is 20.1. The second-order valence-corrected chi connectivity index (χ2v) is 6.14. The van der Waals surface area contributed by atoms with Crippen LogP contribution in [0, 0.1) is 6.92 Å². The Morgan fingerprint density at radius 2 is 2.00 bits per heavy atom. The molecule has 3 rings (SSSR count). The Morgan fingerprint density at radius 3 is 2.75 bits per heavy atom. The Hall–Kier alpha value is -3.46. The number of rotatable bonds is 7. The number of nitrogens with zero attached hydrogens (tertiary/aromatic N) is 3. The standard InChI is InChI=1S/C19H22N6O3/c1-4-20-18(26)14-8-17-16(22-11-23-25(17)10-14)9-21-15-7-13(6-5-12(15)2)19(27)24-28-3/h5-8,10-11,21H,4,9H2,1-3H3,(H,20,26)(H,24,27). The van der Waals surface area contributed by atoms with Gasteiger partial charge in [-0.2, -0.15) is 5.10 Å². The third kappa shape index (κ3) is 4.09. The molecule has 3 N–H and O–H groups in total. The van der Waals surface area contributed by atoms with Crippen LogP contribution in [0.25, 0.3) is 5.52 Å². The van der Waals surface area contributed by atoms with Crippen molar-refractivity contribution < 1.29 is 14.4 Å². The fourth-order valence-electron chi connectivity index (χ4n) is 2.79. The van der Waals surface area contributed by atoms with Gasteiger partial charge in [-0.3, -0.25) is 14.4 Å². The van der Waals surface area contributed by atoms with Crippen LogP contribution in [-0.2, 0) is 11.4 Å². The van der Waals surface area contributed by atoms with Crippen LogP contribution < -0.4 is 16.1 Å². The quantitative estimate of drug-likeness (QED) is 0.537. The number of fused-ring (bicyclic) bond motifs is 1. The first-order chi connectivity index (χ1) is 13.5. The zero-order valence-corrected chi connectivity index (χ0v) is 15.9. The lowest BCUT2D eigenvalue weighted by molar-refractivity contribution is 0.0537. The van der Waals surface area contributed by atoms with Gasteiger partial charge < -0.3 is 10.6 Å². The molecule has 0 bridgehead atoms. The first-order valence-corrected chi connectivity index (χ1v) is 8.81. The molecule has 0 fully saturated rings. The average Bonchev–Trinajstić information content (AvgIpc) is 3.13. The van der Waals surface area contributed by atoms with E-state index < -0.39 is 0 Å². The molecule has 0 unspecified atom stereocenters. The highest BCUT2D eigenvalue weighted by Gasteiger charge is 2.13. The van der Waals surface area contributed by atoms with Gasteiger partial charge in [0.2, 0.25) is 0 Å². The summed E-state index contributed by atoms with van der Waals surface area (Å²) in [5.74, 6) is -0.479. The number of hydrogen-bond acceptors (Lipinski definition) is 6. The molecule has 2 heterocycles. The minimum atomic E-state index is -0.326. The Labute approximate surface area is 162 Å². The minimum absolute atomic E-state index is 0.153. The number of nitrogens with one attached hydrogen (secondary N) is 3. The van der Waals surface area contributed by atoms with Crippen molar-refractivity contribution in [2.24, 2.45) is 0 Å². The monoisotopic (exact) mass is 382 g/mol. The average molecular weight is 382 g/mol. The van der Waals surface area contributed by atoms with Gasteiger partial charge in [0.1, 0.15) is 6.33 Å². The smallest absolute Gasteiger partial charge is 0.274 e. The van der Waals surface area contributed by atoms with E-state index in [4.69, 9.17) is 0 Å².